The highest BCUT2D eigenvalue weighted by atomic mass is 79.9. The lowest BCUT2D eigenvalue weighted by atomic mass is 10.3. The van der Waals surface area contributed by atoms with Gasteiger partial charge in [0.25, 0.3) is 0 Å². The lowest BCUT2D eigenvalue weighted by Crippen LogP contribution is -3.00. The van der Waals surface area contributed by atoms with Crippen LogP contribution >= 0.6 is 0 Å². The van der Waals surface area contributed by atoms with E-state index in [1.165, 1.54) is 92.0 Å². The largest absolute Gasteiger partial charge is 1.00 e. The molecular formula is C24H60BBrN3O2. The monoisotopic (exact) mass is 512 g/mol. The highest BCUT2D eigenvalue weighted by molar-refractivity contribution is 6.08. The topological polar surface area (TPSA) is 46.1 Å². The van der Waals surface area contributed by atoms with E-state index in [9.17, 15) is 0 Å². The van der Waals surface area contributed by atoms with Crippen molar-refractivity contribution in [2.75, 3.05) is 78.5 Å². The molecule has 0 fully saturated rings. The Morgan fingerprint density at radius 2 is 0.419 bits per heavy atom. The Morgan fingerprint density at radius 1 is 0.355 bits per heavy atom. The second kappa shape index (κ2) is 26.6. The Morgan fingerprint density at radius 3 is 0.419 bits per heavy atom. The second-order valence-corrected chi connectivity index (χ2v) is 7.92. The average Bonchev–Trinajstić information content (AvgIpc) is 2.81. The molecule has 0 saturated heterocycles. The second-order valence-electron chi connectivity index (χ2n) is 7.92. The van der Waals surface area contributed by atoms with Crippen molar-refractivity contribution in [3.05, 3.63) is 0 Å². The molecule has 193 valence electrons. The van der Waals surface area contributed by atoms with Crippen molar-refractivity contribution in [1.82, 2.24) is 0 Å². The molecule has 0 aliphatic heterocycles. The first-order valence-corrected chi connectivity index (χ1v) is 12.8. The quantitative estimate of drug-likeness (QED) is 0.270. The van der Waals surface area contributed by atoms with E-state index in [4.69, 9.17) is 10.0 Å². The van der Waals surface area contributed by atoms with Gasteiger partial charge < -0.3 is 40.5 Å². The van der Waals surface area contributed by atoms with Gasteiger partial charge >= 0.3 is 0 Å². The van der Waals surface area contributed by atoms with Crippen molar-refractivity contribution in [3.63, 3.8) is 0 Å². The zero-order valence-electron chi connectivity index (χ0n) is 23.6. The van der Waals surface area contributed by atoms with E-state index in [1.54, 1.807) is 0 Å². The van der Waals surface area contributed by atoms with Crippen LogP contribution in [0, 0.1) is 0 Å². The van der Waals surface area contributed by atoms with Gasteiger partial charge in [0.2, 0.25) is 0 Å². The van der Waals surface area contributed by atoms with E-state index in [-0.39, 0.29) is 17.0 Å². The molecule has 5 nitrogen and oxygen atoms in total. The molecule has 0 aromatic rings. The van der Waals surface area contributed by atoms with Crippen LogP contribution in [0.1, 0.15) is 83.1 Å². The van der Waals surface area contributed by atoms with Crippen molar-refractivity contribution >= 4 is 7.69 Å². The molecule has 0 saturated carbocycles. The maximum absolute atomic E-state index is 8.25. The fourth-order valence-electron chi connectivity index (χ4n) is 4.02. The molecule has 0 rings (SSSR count). The Hall–Kier alpha value is 0.345. The molecule has 7 heteroatoms. The van der Waals surface area contributed by atoms with Crippen molar-refractivity contribution < 1.29 is 40.5 Å². The van der Waals surface area contributed by atoms with Gasteiger partial charge in [-0.1, -0.05) is 0 Å². The summed E-state index contributed by atoms with van der Waals surface area (Å²) in [5.41, 5.74) is 0. The molecule has 31 heavy (non-hydrogen) atoms. The van der Waals surface area contributed by atoms with E-state index < -0.39 is 7.69 Å². The lowest BCUT2D eigenvalue weighted by molar-refractivity contribution is -0.921. The number of quaternary nitrogens is 3. The molecule has 0 aliphatic rings. The molecule has 0 aliphatic carbocycles. The summed E-state index contributed by atoms with van der Waals surface area (Å²) in [5, 5.41) is 16.5. The number of hydrogen-bond donors (Lipinski definition) is 0. The summed E-state index contributed by atoms with van der Waals surface area (Å²) >= 11 is 0. The third-order valence-corrected chi connectivity index (χ3v) is 8.05. The molecule has 0 amide bonds. The molecule has 0 spiro atoms. The molecule has 1 radical (unpaired) electrons. The SMILES string of the molecule is CC[N+](CC)(CC)CC.CC[N+](CC)(CC)CC.CC[N+](CC)(CC)CC.[Br-].[O-][B][O-]. The van der Waals surface area contributed by atoms with Gasteiger partial charge in [-0.3, -0.25) is 0 Å². The molecule has 0 heterocycles. The first-order valence-electron chi connectivity index (χ1n) is 12.8. The first kappa shape index (κ1) is 41.6. The van der Waals surface area contributed by atoms with Crippen LogP contribution in [0.3, 0.4) is 0 Å². The van der Waals surface area contributed by atoms with Crippen LogP contribution in [0.5, 0.6) is 0 Å². The van der Waals surface area contributed by atoms with Crippen LogP contribution in [0.15, 0.2) is 0 Å². The third-order valence-electron chi connectivity index (χ3n) is 8.05. The molecule has 0 atom stereocenters. The predicted octanol–water partition coefficient (Wildman–Crippen LogP) is -0.106. The van der Waals surface area contributed by atoms with Crippen LogP contribution in [-0.2, 0) is 0 Å². The summed E-state index contributed by atoms with van der Waals surface area (Å²) < 4.78 is 3.83. The first-order chi connectivity index (χ1) is 14.1. The van der Waals surface area contributed by atoms with Crippen LogP contribution < -0.4 is 27.0 Å². The summed E-state index contributed by atoms with van der Waals surface area (Å²) in [7, 11) is -0.500. The highest BCUT2D eigenvalue weighted by Gasteiger charge is 2.17. The maximum atomic E-state index is 8.25. The summed E-state index contributed by atoms with van der Waals surface area (Å²) in [6.07, 6.45) is 0. The number of rotatable bonds is 12. The third kappa shape index (κ3) is 18.5. The van der Waals surface area contributed by atoms with E-state index in [0.717, 1.165) is 0 Å². The number of halogens is 1. The van der Waals surface area contributed by atoms with Gasteiger partial charge in [0.05, 0.1) is 78.5 Å². The van der Waals surface area contributed by atoms with Gasteiger partial charge in [-0.05, 0) is 83.1 Å². The van der Waals surface area contributed by atoms with Crippen molar-refractivity contribution in [3.8, 4) is 0 Å². The minimum Gasteiger partial charge on any atom is -1.00 e. The Balaban J connectivity index is -0.000000101. The number of nitrogens with zero attached hydrogens (tertiary/aromatic N) is 3. The summed E-state index contributed by atoms with van der Waals surface area (Å²) in [4.78, 5) is 0. The van der Waals surface area contributed by atoms with Gasteiger partial charge in [-0.25, -0.2) is 7.69 Å². The molecule has 0 N–H and O–H groups in total. The Bertz CT molecular complexity index is 226. The average molecular weight is 513 g/mol. The standard InChI is InChI=1S/3C8H20N.BO2.BrH/c3*1-5-9(6-2,7-3)8-4;2-1-3;/h3*5-8H2,1-4H3;;1H/q3*+1;-2;/p-1. The fraction of sp³-hybridized carbons (Fsp3) is 1.00. The molecule has 0 aromatic heterocycles. The fourth-order valence-corrected chi connectivity index (χ4v) is 4.02. The van der Waals surface area contributed by atoms with Crippen LogP contribution in [-0.4, -0.2) is 99.7 Å². The molecular weight excluding hydrogens is 453 g/mol. The smallest absolute Gasteiger partial charge is 0.0757 e. The summed E-state index contributed by atoms with van der Waals surface area (Å²) in [5.74, 6) is 0. The van der Waals surface area contributed by atoms with Crippen LogP contribution in [0.25, 0.3) is 0 Å². The highest BCUT2D eigenvalue weighted by Crippen LogP contribution is 2.04. The van der Waals surface area contributed by atoms with Gasteiger partial charge in [-0.15, -0.1) is 0 Å². The zero-order chi connectivity index (χ0) is 24.7. The minimum absolute atomic E-state index is 0. The van der Waals surface area contributed by atoms with Crippen molar-refractivity contribution in [2.45, 2.75) is 83.1 Å². The van der Waals surface area contributed by atoms with Gasteiger partial charge in [0.15, 0.2) is 0 Å². The summed E-state index contributed by atoms with van der Waals surface area (Å²) in [6, 6.07) is 0. The summed E-state index contributed by atoms with van der Waals surface area (Å²) in [6.45, 7) is 42.7. The van der Waals surface area contributed by atoms with E-state index in [2.05, 4.69) is 83.1 Å². The zero-order valence-corrected chi connectivity index (χ0v) is 25.2. The Labute approximate surface area is 209 Å². The van der Waals surface area contributed by atoms with Gasteiger partial charge in [0.1, 0.15) is 0 Å². The molecule has 0 bridgehead atoms. The van der Waals surface area contributed by atoms with Crippen molar-refractivity contribution in [2.24, 2.45) is 0 Å². The maximum Gasteiger partial charge on any atom is 0.0757 e. The van der Waals surface area contributed by atoms with Crippen molar-refractivity contribution in [1.29, 1.82) is 0 Å². The Kier molecular flexibility index (Phi) is 35.7. The normalized spacial score (nSPS) is 10.9. The van der Waals surface area contributed by atoms with Gasteiger partial charge in [0, 0.05) is 0 Å². The van der Waals surface area contributed by atoms with Crippen LogP contribution in [0.4, 0.5) is 0 Å². The van der Waals surface area contributed by atoms with Gasteiger partial charge in [-0.2, -0.15) is 0 Å². The van der Waals surface area contributed by atoms with E-state index in [0.29, 0.717) is 0 Å². The molecule has 0 aromatic carbocycles. The van der Waals surface area contributed by atoms with E-state index in [1.807, 2.05) is 0 Å². The van der Waals surface area contributed by atoms with E-state index >= 15 is 0 Å². The number of hydrogen-bond acceptors (Lipinski definition) is 2. The minimum atomic E-state index is -0.500. The molecule has 0 unspecified atom stereocenters. The van der Waals surface area contributed by atoms with Crippen LogP contribution in [0.2, 0.25) is 0 Å². The lowest BCUT2D eigenvalue weighted by Gasteiger charge is -2.34. The predicted molar refractivity (Wildman–Crippen MR) is 133 cm³/mol.